The second-order valence-electron chi connectivity index (χ2n) is 6.28. The fourth-order valence-corrected chi connectivity index (χ4v) is 2.49. The molecule has 3 heteroatoms. The van der Waals surface area contributed by atoms with Crippen molar-refractivity contribution in [3.63, 3.8) is 0 Å². The molecule has 3 nitrogen and oxygen atoms in total. The van der Waals surface area contributed by atoms with Crippen molar-refractivity contribution in [1.29, 1.82) is 0 Å². The number of aliphatic hydroxyl groups is 1. The molecule has 1 aliphatic rings. The van der Waals surface area contributed by atoms with Crippen molar-refractivity contribution in [3.8, 4) is 0 Å². The van der Waals surface area contributed by atoms with E-state index in [1.807, 2.05) is 6.92 Å². The minimum atomic E-state index is -0.195. The Morgan fingerprint density at radius 1 is 1.18 bits per heavy atom. The van der Waals surface area contributed by atoms with Gasteiger partial charge in [-0.3, -0.25) is 4.90 Å². The SMILES string of the molecule is CC(C)CNC1CC(C(C)O)CN(C(C)C)C1. The number of piperidine rings is 1. The van der Waals surface area contributed by atoms with Gasteiger partial charge in [0.1, 0.15) is 0 Å². The van der Waals surface area contributed by atoms with E-state index in [9.17, 15) is 5.11 Å². The van der Waals surface area contributed by atoms with Crippen molar-refractivity contribution < 1.29 is 5.11 Å². The quantitative estimate of drug-likeness (QED) is 0.770. The van der Waals surface area contributed by atoms with E-state index < -0.39 is 0 Å². The summed E-state index contributed by atoms with van der Waals surface area (Å²) in [5, 5.41) is 13.5. The molecule has 0 radical (unpaired) electrons. The molecule has 1 fully saturated rings. The van der Waals surface area contributed by atoms with Crippen LogP contribution in [0.2, 0.25) is 0 Å². The Morgan fingerprint density at radius 2 is 1.82 bits per heavy atom. The van der Waals surface area contributed by atoms with Crippen LogP contribution in [0.15, 0.2) is 0 Å². The number of rotatable bonds is 5. The molecule has 1 aliphatic heterocycles. The smallest absolute Gasteiger partial charge is 0.0553 e. The van der Waals surface area contributed by atoms with Crippen LogP contribution in [0, 0.1) is 11.8 Å². The highest BCUT2D eigenvalue weighted by Gasteiger charge is 2.30. The Balaban J connectivity index is 2.52. The van der Waals surface area contributed by atoms with Gasteiger partial charge < -0.3 is 10.4 Å². The Morgan fingerprint density at radius 3 is 2.29 bits per heavy atom. The number of aliphatic hydroxyl groups excluding tert-OH is 1. The fourth-order valence-electron chi connectivity index (χ4n) is 2.49. The highest BCUT2D eigenvalue weighted by molar-refractivity contribution is 4.87. The van der Waals surface area contributed by atoms with E-state index in [1.165, 1.54) is 0 Å². The Kier molecular flexibility index (Phi) is 5.90. The van der Waals surface area contributed by atoms with Crippen LogP contribution < -0.4 is 5.32 Å². The zero-order valence-electron chi connectivity index (χ0n) is 12.1. The molecular formula is C14H30N2O. The lowest BCUT2D eigenvalue weighted by atomic mass is 9.89. The molecule has 0 bridgehead atoms. The zero-order valence-corrected chi connectivity index (χ0v) is 12.1. The van der Waals surface area contributed by atoms with Gasteiger partial charge in [0.25, 0.3) is 0 Å². The summed E-state index contributed by atoms with van der Waals surface area (Å²) in [6.07, 6.45) is 0.910. The molecule has 3 atom stereocenters. The topological polar surface area (TPSA) is 35.5 Å². The lowest BCUT2D eigenvalue weighted by Crippen LogP contribution is -2.53. The summed E-state index contributed by atoms with van der Waals surface area (Å²) in [5.41, 5.74) is 0. The van der Waals surface area contributed by atoms with Crippen LogP contribution in [0.25, 0.3) is 0 Å². The molecule has 0 aromatic rings. The van der Waals surface area contributed by atoms with E-state index in [1.54, 1.807) is 0 Å². The molecular weight excluding hydrogens is 212 g/mol. The number of nitrogens with zero attached hydrogens (tertiary/aromatic N) is 1. The molecule has 0 aromatic carbocycles. The Hall–Kier alpha value is -0.120. The van der Waals surface area contributed by atoms with Crippen LogP contribution in [0.5, 0.6) is 0 Å². The summed E-state index contributed by atoms with van der Waals surface area (Å²) in [7, 11) is 0. The van der Waals surface area contributed by atoms with Gasteiger partial charge in [-0.05, 0) is 45.6 Å². The van der Waals surface area contributed by atoms with Gasteiger partial charge >= 0.3 is 0 Å². The summed E-state index contributed by atoms with van der Waals surface area (Å²) in [6, 6.07) is 1.10. The molecule has 1 saturated heterocycles. The van der Waals surface area contributed by atoms with Gasteiger partial charge in [-0.25, -0.2) is 0 Å². The first-order valence-corrected chi connectivity index (χ1v) is 7.05. The largest absolute Gasteiger partial charge is 0.393 e. The van der Waals surface area contributed by atoms with Gasteiger partial charge in [-0.15, -0.1) is 0 Å². The lowest BCUT2D eigenvalue weighted by Gasteiger charge is -2.41. The lowest BCUT2D eigenvalue weighted by molar-refractivity contribution is 0.0351. The zero-order chi connectivity index (χ0) is 13.0. The molecule has 1 rings (SSSR count). The predicted molar refractivity (Wildman–Crippen MR) is 73.1 cm³/mol. The van der Waals surface area contributed by atoms with Gasteiger partial charge in [0.15, 0.2) is 0 Å². The average molecular weight is 242 g/mol. The van der Waals surface area contributed by atoms with Gasteiger partial charge in [0.05, 0.1) is 6.10 Å². The van der Waals surface area contributed by atoms with Crippen LogP contribution in [-0.4, -0.2) is 47.8 Å². The van der Waals surface area contributed by atoms with Crippen molar-refractivity contribution >= 4 is 0 Å². The van der Waals surface area contributed by atoms with E-state index >= 15 is 0 Å². The van der Waals surface area contributed by atoms with Crippen LogP contribution in [0.3, 0.4) is 0 Å². The second-order valence-corrected chi connectivity index (χ2v) is 6.28. The molecule has 102 valence electrons. The Labute approximate surface area is 107 Å². The van der Waals surface area contributed by atoms with Gasteiger partial charge in [-0.1, -0.05) is 13.8 Å². The molecule has 2 N–H and O–H groups in total. The summed E-state index contributed by atoms with van der Waals surface area (Å²) >= 11 is 0. The maximum Gasteiger partial charge on any atom is 0.0553 e. The highest BCUT2D eigenvalue weighted by Crippen LogP contribution is 2.22. The van der Waals surface area contributed by atoms with Crippen molar-refractivity contribution in [2.75, 3.05) is 19.6 Å². The molecule has 17 heavy (non-hydrogen) atoms. The van der Waals surface area contributed by atoms with E-state index in [4.69, 9.17) is 0 Å². The average Bonchev–Trinajstić information content (AvgIpc) is 2.25. The van der Waals surface area contributed by atoms with Crippen LogP contribution in [0.4, 0.5) is 0 Å². The maximum absolute atomic E-state index is 9.82. The molecule has 0 aliphatic carbocycles. The van der Waals surface area contributed by atoms with Crippen LogP contribution >= 0.6 is 0 Å². The third-order valence-electron chi connectivity index (χ3n) is 3.74. The highest BCUT2D eigenvalue weighted by atomic mass is 16.3. The third-order valence-corrected chi connectivity index (χ3v) is 3.74. The summed E-state index contributed by atoms with van der Waals surface area (Å²) in [6.45, 7) is 14.1. The van der Waals surface area contributed by atoms with E-state index in [0.29, 0.717) is 23.9 Å². The van der Waals surface area contributed by atoms with Crippen molar-refractivity contribution in [2.45, 2.75) is 59.2 Å². The van der Waals surface area contributed by atoms with E-state index in [0.717, 1.165) is 26.1 Å². The van der Waals surface area contributed by atoms with Crippen LogP contribution in [-0.2, 0) is 0 Å². The molecule has 0 spiro atoms. The summed E-state index contributed by atoms with van der Waals surface area (Å²) in [4.78, 5) is 2.49. The van der Waals surface area contributed by atoms with Crippen LogP contribution in [0.1, 0.15) is 41.0 Å². The monoisotopic (exact) mass is 242 g/mol. The van der Waals surface area contributed by atoms with E-state index in [2.05, 4.69) is 37.9 Å². The summed E-state index contributed by atoms with van der Waals surface area (Å²) < 4.78 is 0. The first-order chi connectivity index (χ1) is 7.90. The number of likely N-dealkylation sites (tertiary alicyclic amines) is 1. The van der Waals surface area contributed by atoms with Crippen molar-refractivity contribution in [2.24, 2.45) is 11.8 Å². The maximum atomic E-state index is 9.82. The second kappa shape index (κ2) is 6.72. The Bertz CT molecular complexity index is 200. The number of hydrogen-bond donors (Lipinski definition) is 2. The number of hydrogen-bond acceptors (Lipinski definition) is 3. The minimum Gasteiger partial charge on any atom is -0.393 e. The molecule has 1 heterocycles. The van der Waals surface area contributed by atoms with E-state index in [-0.39, 0.29) is 6.10 Å². The molecule has 0 amide bonds. The minimum absolute atomic E-state index is 0.195. The van der Waals surface area contributed by atoms with Gasteiger partial charge in [-0.2, -0.15) is 0 Å². The summed E-state index contributed by atoms with van der Waals surface area (Å²) in [5.74, 6) is 1.10. The third kappa shape index (κ3) is 4.94. The molecule has 0 aromatic heterocycles. The first-order valence-electron chi connectivity index (χ1n) is 7.05. The molecule has 3 unspecified atom stereocenters. The standard InChI is InChI=1S/C14H30N2O/c1-10(2)7-15-14-6-13(12(5)17)8-16(9-14)11(3)4/h10-15,17H,6-9H2,1-5H3. The normalized spacial score (nSPS) is 28.9. The van der Waals surface area contributed by atoms with Crippen molar-refractivity contribution in [1.82, 2.24) is 10.2 Å². The van der Waals surface area contributed by atoms with Crippen molar-refractivity contribution in [3.05, 3.63) is 0 Å². The fraction of sp³-hybridized carbons (Fsp3) is 1.00. The first kappa shape index (κ1) is 14.9. The van der Waals surface area contributed by atoms with Gasteiger partial charge in [0, 0.05) is 25.2 Å². The predicted octanol–water partition coefficient (Wildman–Crippen LogP) is 1.71. The molecule has 0 saturated carbocycles. The van der Waals surface area contributed by atoms with Gasteiger partial charge in [0.2, 0.25) is 0 Å². The number of nitrogens with one attached hydrogen (secondary N) is 1.